The van der Waals surface area contributed by atoms with Crippen molar-refractivity contribution in [3.05, 3.63) is 23.7 Å². The quantitative estimate of drug-likeness (QED) is 0.785. The second kappa shape index (κ2) is 4.16. The third-order valence-corrected chi connectivity index (χ3v) is 4.25. The maximum absolute atomic E-state index is 8.10. The fourth-order valence-corrected chi connectivity index (χ4v) is 2.32. The van der Waals surface area contributed by atoms with E-state index >= 15 is 0 Å². The molecule has 3 heterocycles. The summed E-state index contributed by atoms with van der Waals surface area (Å²) < 4.78 is 43.8. The Morgan fingerprint density at radius 3 is 2.58 bits per heavy atom. The van der Waals surface area contributed by atoms with E-state index in [2.05, 4.69) is 10.1 Å². The van der Waals surface area contributed by atoms with E-state index < -0.39 is 18.3 Å². The second-order valence-corrected chi connectivity index (χ2v) is 6.11. The molecule has 19 heavy (non-hydrogen) atoms. The SMILES string of the molecule is [2H]c1nn(-c2nc(B3OC(C)(C)C(C)(C)O3)c([2H])s2)c([2H])c1[2H]. The van der Waals surface area contributed by atoms with Gasteiger partial charge in [0.25, 0.3) is 0 Å². The molecule has 100 valence electrons. The Kier molecular flexibility index (Phi) is 1.95. The van der Waals surface area contributed by atoms with Gasteiger partial charge >= 0.3 is 7.12 Å². The Balaban J connectivity index is 1.98. The van der Waals surface area contributed by atoms with Crippen LogP contribution in [-0.2, 0) is 9.31 Å². The number of aromatic nitrogens is 3. The van der Waals surface area contributed by atoms with Gasteiger partial charge in [-0.05, 0) is 33.7 Å². The van der Waals surface area contributed by atoms with Gasteiger partial charge in [-0.15, -0.1) is 11.3 Å². The number of thiazole rings is 1. The zero-order valence-corrected chi connectivity index (χ0v) is 12.0. The lowest BCUT2D eigenvalue weighted by molar-refractivity contribution is 0.00578. The van der Waals surface area contributed by atoms with Crippen LogP contribution in [0.5, 0.6) is 0 Å². The maximum atomic E-state index is 8.10. The number of hydrogen-bond acceptors (Lipinski definition) is 5. The second-order valence-electron chi connectivity index (χ2n) is 5.33. The summed E-state index contributed by atoms with van der Waals surface area (Å²) in [4.78, 5) is 4.30. The minimum Gasteiger partial charge on any atom is -0.398 e. The van der Waals surface area contributed by atoms with Gasteiger partial charge in [0.2, 0.25) is 5.13 Å². The van der Waals surface area contributed by atoms with Crippen molar-refractivity contribution in [3.8, 4) is 5.13 Å². The molecule has 1 aliphatic rings. The molecule has 0 spiro atoms. The predicted octanol–water partition coefficient (Wildman–Crippen LogP) is 1.63. The number of hydrogen-bond donors (Lipinski definition) is 0. The summed E-state index contributed by atoms with van der Waals surface area (Å²) in [5, 5.41) is 4.20. The molecule has 0 aliphatic carbocycles. The van der Waals surface area contributed by atoms with Crippen molar-refractivity contribution in [1.29, 1.82) is 0 Å². The molecular formula is C12H16BN3O2S. The average molecular weight is 281 g/mol. The molecule has 2 aromatic rings. The van der Waals surface area contributed by atoms with E-state index in [4.69, 9.17) is 14.8 Å². The van der Waals surface area contributed by atoms with Crippen molar-refractivity contribution < 1.29 is 14.8 Å². The Bertz CT molecular complexity index is 761. The van der Waals surface area contributed by atoms with Crippen LogP contribution in [0.1, 0.15) is 33.2 Å². The lowest BCUT2D eigenvalue weighted by atomic mass is 9.86. The van der Waals surface area contributed by atoms with Crippen molar-refractivity contribution in [1.82, 2.24) is 14.8 Å². The maximum Gasteiger partial charge on any atom is 0.515 e. The number of nitrogens with zero attached hydrogens (tertiary/aromatic N) is 3. The Morgan fingerprint density at radius 1 is 1.32 bits per heavy atom. The van der Waals surface area contributed by atoms with E-state index in [9.17, 15) is 0 Å². The van der Waals surface area contributed by atoms with Gasteiger partial charge < -0.3 is 9.31 Å². The molecular weight excluding hydrogens is 261 g/mol. The van der Waals surface area contributed by atoms with Gasteiger partial charge in [-0.1, -0.05) is 0 Å². The van der Waals surface area contributed by atoms with Crippen molar-refractivity contribution in [2.45, 2.75) is 38.9 Å². The first kappa shape index (κ1) is 8.89. The van der Waals surface area contributed by atoms with Crippen LogP contribution in [0.25, 0.3) is 5.13 Å². The minimum absolute atomic E-state index is 0.145. The summed E-state index contributed by atoms with van der Waals surface area (Å²) in [7, 11) is -0.770. The molecule has 0 atom stereocenters. The largest absolute Gasteiger partial charge is 0.515 e. The fraction of sp³-hybridized carbons (Fsp3) is 0.500. The highest BCUT2D eigenvalue weighted by molar-refractivity contribution is 7.13. The van der Waals surface area contributed by atoms with Gasteiger partial charge in [-0.25, -0.2) is 9.67 Å². The van der Waals surface area contributed by atoms with Gasteiger partial charge in [0.15, 0.2) is 0 Å². The molecule has 0 unspecified atom stereocenters. The number of rotatable bonds is 2. The third-order valence-electron chi connectivity index (χ3n) is 3.49. The third kappa shape index (κ3) is 2.11. The van der Waals surface area contributed by atoms with E-state index in [1.165, 1.54) is 0 Å². The molecule has 0 radical (unpaired) electrons. The fourth-order valence-electron chi connectivity index (χ4n) is 1.66. The van der Waals surface area contributed by atoms with E-state index in [0.29, 0.717) is 5.59 Å². The van der Waals surface area contributed by atoms with Crippen molar-refractivity contribution in [2.24, 2.45) is 0 Å². The Morgan fingerprint density at radius 2 is 2.00 bits per heavy atom. The molecule has 1 aliphatic heterocycles. The van der Waals surface area contributed by atoms with Crippen LogP contribution < -0.4 is 5.59 Å². The van der Waals surface area contributed by atoms with E-state index in [1.807, 2.05) is 27.7 Å². The summed E-state index contributed by atoms with van der Waals surface area (Å²) >= 11 is 1.00. The van der Waals surface area contributed by atoms with Gasteiger partial charge in [-0.3, -0.25) is 0 Å². The molecule has 3 rings (SSSR count). The summed E-state index contributed by atoms with van der Waals surface area (Å²) in [6.07, 6.45) is -0.530. The highest BCUT2D eigenvalue weighted by atomic mass is 32.1. The molecule has 1 fully saturated rings. The Hall–Kier alpha value is -1.18. The van der Waals surface area contributed by atoms with E-state index in [-0.39, 0.29) is 28.9 Å². The van der Waals surface area contributed by atoms with Crippen LogP contribution in [0, 0.1) is 0 Å². The highest BCUT2D eigenvalue weighted by Gasteiger charge is 2.52. The topological polar surface area (TPSA) is 49.2 Å². The van der Waals surface area contributed by atoms with E-state index in [1.54, 1.807) is 0 Å². The van der Waals surface area contributed by atoms with Crippen molar-refractivity contribution >= 4 is 24.0 Å². The molecule has 0 bridgehead atoms. The van der Waals surface area contributed by atoms with Crippen LogP contribution >= 0.6 is 11.3 Å². The average Bonchev–Trinajstić information content (AvgIpc) is 2.99. The smallest absolute Gasteiger partial charge is 0.398 e. The van der Waals surface area contributed by atoms with Crippen molar-refractivity contribution in [2.75, 3.05) is 0 Å². The first-order valence-corrected chi connectivity index (χ1v) is 6.71. The molecule has 0 aromatic carbocycles. The van der Waals surface area contributed by atoms with Crippen LogP contribution in [0.4, 0.5) is 0 Å². The summed E-state index contributed by atoms with van der Waals surface area (Å²) in [6.45, 7) is 7.66. The van der Waals surface area contributed by atoms with Gasteiger partial charge in [0.05, 0.1) is 22.3 Å². The molecule has 0 saturated carbocycles. The first-order valence-electron chi connectivity index (χ1n) is 7.89. The predicted molar refractivity (Wildman–Crippen MR) is 75.0 cm³/mol. The van der Waals surface area contributed by atoms with Crippen LogP contribution in [0.2, 0.25) is 0 Å². The molecule has 7 heteroatoms. The normalized spacial score (nSPS) is 23.9. The highest BCUT2D eigenvalue weighted by Crippen LogP contribution is 2.36. The van der Waals surface area contributed by atoms with Gasteiger partial charge in [-0.2, -0.15) is 5.10 Å². The van der Waals surface area contributed by atoms with Gasteiger partial charge in [0, 0.05) is 17.7 Å². The van der Waals surface area contributed by atoms with Crippen molar-refractivity contribution in [3.63, 3.8) is 0 Å². The molecule has 0 amide bonds. The lowest BCUT2D eigenvalue weighted by Crippen LogP contribution is -2.41. The van der Waals surface area contributed by atoms with Crippen LogP contribution in [0.15, 0.2) is 23.7 Å². The Labute approximate surface area is 122 Å². The minimum atomic E-state index is -0.770. The first-order chi connectivity index (χ1) is 10.5. The molecule has 1 saturated heterocycles. The van der Waals surface area contributed by atoms with E-state index in [0.717, 1.165) is 16.0 Å². The zero-order chi connectivity index (χ0) is 17.2. The monoisotopic (exact) mass is 281 g/mol. The zero-order valence-electron chi connectivity index (χ0n) is 15.1. The van der Waals surface area contributed by atoms with Crippen LogP contribution in [0.3, 0.4) is 0 Å². The summed E-state index contributed by atoms with van der Waals surface area (Å²) in [6, 6.07) is -0.274. The lowest BCUT2D eigenvalue weighted by Gasteiger charge is -2.32. The standard InChI is InChI=1S/C12H16BN3O2S/c1-11(2)12(3,4)18-13(17-11)9-8-19-10(15-9)16-7-5-6-14-16/h5-8H,1-4H3/i5D,6D,7D,8D. The molecule has 2 aromatic heterocycles. The molecule has 5 nitrogen and oxygen atoms in total. The molecule has 0 N–H and O–H groups in total. The van der Waals surface area contributed by atoms with Gasteiger partial charge in [0.1, 0.15) is 0 Å². The summed E-state index contributed by atoms with van der Waals surface area (Å²) in [5.41, 5.74) is -0.761. The summed E-state index contributed by atoms with van der Waals surface area (Å²) in [5.74, 6) is 0. The van der Waals surface area contributed by atoms with Crippen LogP contribution in [-0.4, -0.2) is 33.1 Å².